The number of aromatic nitrogens is 2. The van der Waals surface area contributed by atoms with Crippen molar-refractivity contribution >= 4 is 34.2 Å². The summed E-state index contributed by atoms with van der Waals surface area (Å²) in [5.74, 6) is 0.146. The number of carbonyl (C=O) groups excluding carboxylic acids is 1. The molecule has 0 saturated carbocycles. The molecule has 3 rings (SSSR count). The molecule has 0 unspecified atom stereocenters. The van der Waals surface area contributed by atoms with Crippen LogP contribution in [-0.2, 0) is 18.4 Å². The van der Waals surface area contributed by atoms with Crippen LogP contribution in [0.4, 0.5) is 5.69 Å². The zero-order valence-electron chi connectivity index (χ0n) is 14.2. The summed E-state index contributed by atoms with van der Waals surface area (Å²) in [6, 6.07) is 10.7. The number of methoxy groups -OCH3 is 1. The number of halogens is 1. The van der Waals surface area contributed by atoms with Crippen molar-refractivity contribution in [2.45, 2.75) is 13.5 Å². The Kier molecular flexibility index (Phi) is 4.55. The van der Waals surface area contributed by atoms with Crippen LogP contribution in [0.15, 0.2) is 41.2 Å². The highest BCUT2D eigenvalue weighted by molar-refractivity contribution is 6.31. The Bertz CT molecular complexity index is 1020. The maximum Gasteiger partial charge on any atom is 0.329 e. The van der Waals surface area contributed by atoms with Gasteiger partial charge >= 0.3 is 5.69 Å². The molecule has 3 aromatic rings. The molecule has 0 radical (unpaired) electrons. The summed E-state index contributed by atoms with van der Waals surface area (Å²) in [6.45, 7) is 1.75. The second-order valence-corrected chi connectivity index (χ2v) is 6.17. The summed E-state index contributed by atoms with van der Waals surface area (Å²) >= 11 is 6.08. The number of para-hydroxylation sites is 2. The first-order chi connectivity index (χ1) is 11.9. The van der Waals surface area contributed by atoms with Gasteiger partial charge in [0.05, 0.1) is 23.8 Å². The average Bonchev–Trinajstić information content (AvgIpc) is 2.83. The molecule has 0 spiro atoms. The largest absolute Gasteiger partial charge is 0.495 e. The molecule has 0 aliphatic rings. The maximum atomic E-state index is 12.5. The van der Waals surface area contributed by atoms with Crippen LogP contribution in [0.5, 0.6) is 5.75 Å². The SMILES string of the molecule is COc1cc(Cl)c(C)cc1NC(=O)Cn1c(=O)n(C)c2ccccc21. The second kappa shape index (κ2) is 6.64. The van der Waals surface area contributed by atoms with E-state index in [2.05, 4.69) is 5.32 Å². The standard InChI is InChI=1S/C18H18ClN3O3/c1-11-8-13(16(25-3)9-12(11)19)20-17(23)10-22-15-7-5-4-6-14(15)21(2)18(22)24/h4-9H,10H2,1-3H3,(H,20,23). The van der Waals surface area contributed by atoms with E-state index in [0.29, 0.717) is 22.0 Å². The zero-order chi connectivity index (χ0) is 18.1. The van der Waals surface area contributed by atoms with Crippen LogP contribution in [0.25, 0.3) is 11.0 Å². The molecule has 2 aromatic carbocycles. The predicted octanol–water partition coefficient (Wildman–Crippen LogP) is 2.95. The molecule has 0 saturated heterocycles. The molecule has 25 heavy (non-hydrogen) atoms. The Morgan fingerprint density at radius 3 is 2.60 bits per heavy atom. The summed E-state index contributed by atoms with van der Waals surface area (Å²) in [4.78, 5) is 24.9. The Morgan fingerprint density at radius 2 is 1.92 bits per heavy atom. The van der Waals surface area contributed by atoms with E-state index in [1.54, 1.807) is 19.2 Å². The monoisotopic (exact) mass is 359 g/mol. The molecule has 7 heteroatoms. The van der Waals surface area contributed by atoms with Gasteiger partial charge < -0.3 is 10.1 Å². The number of hydrogen-bond donors (Lipinski definition) is 1. The summed E-state index contributed by atoms with van der Waals surface area (Å²) in [5.41, 5.74) is 2.59. The number of amides is 1. The van der Waals surface area contributed by atoms with Gasteiger partial charge in [-0.25, -0.2) is 4.79 Å². The molecule has 1 heterocycles. The highest BCUT2D eigenvalue weighted by Gasteiger charge is 2.15. The van der Waals surface area contributed by atoms with E-state index < -0.39 is 0 Å². The van der Waals surface area contributed by atoms with Crippen LogP contribution in [-0.4, -0.2) is 22.2 Å². The smallest absolute Gasteiger partial charge is 0.329 e. The Morgan fingerprint density at radius 1 is 1.24 bits per heavy atom. The minimum absolute atomic E-state index is 0.0922. The fourth-order valence-electron chi connectivity index (χ4n) is 2.78. The number of ether oxygens (including phenoxy) is 1. The van der Waals surface area contributed by atoms with E-state index >= 15 is 0 Å². The van der Waals surface area contributed by atoms with E-state index in [-0.39, 0.29) is 18.1 Å². The number of carbonyl (C=O) groups is 1. The van der Waals surface area contributed by atoms with Gasteiger partial charge in [-0.05, 0) is 30.7 Å². The van der Waals surface area contributed by atoms with Gasteiger partial charge in [-0.1, -0.05) is 23.7 Å². The van der Waals surface area contributed by atoms with Crippen molar-refractivity contribution in [2.24, 2.45) is 7.05 Å². The number of rotatable bonds is 4. The zero-order valence-corrected chi connectivity index (χ0v) is 14.9. The lowest BCUT2D eigenvalue weighted by Gasteiger charge is -2.12. The lowest BCUT2D eigenvalue weighted by atomic mass is 10.2. The van der Waals surface area contributed by atoms with Crippen molar-refractivity contribution in [1.82, 2.24) is 9.13 Å². The normalized spacial score (nSPS) is 10.9. The van der Waals surface area contributed by atoms with Crippen molar-refractivity contribution in [3.63, 3.8) is 0 Å². The molecule has 1 amide bonds. The molecule has 1 aromatic heterocycles. The van der Waals surface area contributed by atoms with Gasteiger partial charge in [-0.2, -0.15) is 0 Å². The van der Waals surface area contributed by atoms with Gasteiger partial charge in [0.2, 0.25) is 5.91 Å². The van der Waals surface area contributed by atoms with Crippen LogP contribution >= 0.6 is 11.6 Å². The van der Waals surface area contributed by atoms with Crippen LogP contribution in [0.2, 0.25) is 5.02 Å². The first kappa shape index (κ1) is 17.1. The lowest BCUT2D eigenvalue weighted by molar-refractivity contribution is -0.116. The number of imidazole rings is 1. The summed E-state index contributed by atoms with van der Waals surface area (Å²) in [5, 5.41) is 3.34. The molecule has 0 aliphatic carbocycles. The highest BCUT2D eigenvalue weighted by Crippen LogP contribution is 2.30. The third kappa shape index (κ3) is 3.13. The third-order valence-corrected chi connectivity index (χ3v) is 4.52. The number of nitrogens with one attached hydrogen (secondary N) is 1. The van der Waals surface area contributed by atoms with Crippen molar-refractivity contribution in [2.75, 3.05) is 12.4 Å². The molecule has 6 nitrogen and oxygen atoms in total. The number of anilines is 1. The quantitative estimate of drug-likeness (QED) is 0.778. The van der Waals surface area contributed by atoms with Crippen molar-refractivity contribution in [3.05, 3.63) is 57.5 Å². The highest BCUT2D eigenvalue weighted by atomic mass is 35.5. The van der Waals surface area contributed by atoms with E-state index in [9.17, 15) is 9.59 Å². The molecule has 1 N–H and O–H groups in total. The van der Waals surface area contributed by atoms with Crippen LogP contribution in [0, 0.1) is 6.92 Å². The minimum Gasteiger partial charge on any atom is -0.495 e. The summed E-state index contributed by atoms with van der Waals surface area (Å²) in [6.07, 6.45) is 0. The second-order valence-electron chi connectivity index (χ2n) is 5.77. The molecule has 0 aliphatic heterocycles. The lowest BCUT2D eigenvalue weighted by Crippen LogP contribution is -2.28. The number of fused-ring (bicyclic) bond motifs is 1. The van der Waals surface area contributed by atoms with Crippen molar-refractivity contribution in [1.29, 1.82) is 0 Å². The van der Waals surface area contributed by atoms with Crippen molar-refractivity contribution in [3.8, 4) is 5.75 Å². The van der Waals surface area contributed by atoms with E-state index in [4.69, 9.17) is 16.3 Å². The van der Waals surface area contributed by atoms with Crippen LogP contribution < -0.4 is 15.7 Å². The van der Waals surface area contributed by atoms with E-state index in [1.807, 2.05) is 31.2 Å². The van der Waals surface area contributed by atoms with Gasteiger partial charge in [-0.3, -0.25) is 13.9 Å². The first-order valence-corrected chi connectivity index (χ1v) is 8.08. The molecular weight excluding hydrogens is 342 g/mol. The Labute approximate surface area is 149 Å². The Hall–Kier alpha value is -2.73. The predicted molar refractivity (Wildman–Crippen MR) is 98.5 cm³/mol. The summed E-state index contributed by atoms with van der Waals surface area (Å²) in [7, 11) is 3.19. The topological polar surface area (TPSA) is 65.3 Å². The van der Waals surface area contributed by atoms with Crippen LogP contribution in [0.3, 0.4) is 0 Å². The number of nitrogens with zero attached hydrogens (tertiary/aromatic N) is 2. The third-order valence-electron chi connectivity index (χ3n) is 4.11. The van der Waals surface area contributed by atoms with Crippen molar-refractivity contribution < 1.29 is 9.53 Å². The van der Waals surface area contributed by atoms with Gasteiger partial charge in [0.25, 0.3) is 0 Å². The maximum absolute atomic E-state index is 12.5. The molecular formula is C18H18ClN3O3. The van der Waals surface area contributed by atoms with Gasteiger partial charge in [0.15, 0.2) is 0 Å². The van der Waals surface area contributed by atoms with Gasteiger partial charge in [-0.15, -0.1) is 0 Å². The van der Waals surface area contributed by atoms with Gasteiger partial charge in [0, 0.05) is 18.1 Å². The number of aryl methyl sites for hydroxylation is 2. The van der Waals surface area contributed by atoms with Crippen LogP contribution in [0.1, 0.15) is 5.56 Å². The van der Waals surface area contributed by atoms with E-state index in [1.165, 1.54) is 16.2 Å². The summed E-state index contributed by atoms with van der Waals surface area (Å²) < 4.78 is 8.23. The number of benzene rings is 2. The Balaban J connectivity index is 1.91. The van der Waals surface area contributed by atoms with E-state index in [0.717, 1.165) is 11.1 Å². The molecule has 130 valence electrons. The molecule has 0 atom stereocenters. The number of hydrogen-bond acceptors (Lipinski definition) is 3. The molecule has 0 fully saturated rings. The minimum atomic E-state index is -0.321. The fraction of sp³-hybridized carbons (Fsp3) is 0.222. The van der Waals surface area contributed by atoms with Gasteiger partial charge in [0.1, 0.15) is 12.3 Å². The molecule has 0 bridgehead atoms. The first-order valence-electron chi connectivity index (χ1n) is 7.70. The average molecular weight is 360 g/mol. The fourth-order valence-corrected chi connectivity index (χ4v) is 2.93.